The number of halogens is 2. The van der Waals surface area contributed by atoms with Crippen LogP contribution in [-0.2, 0) is 4.74 Å². The number of rotatable bonds is 1. The van der Waals surface area contributed by atoms with Gasteiger partial charge in [0.05, 0.1) is 10.6 Å². The van der Waals surface area contributed by atoms with E-state index in [-0.39, 0.29) is 10.6 Å². The summed E-state index contributed by atoms with van der Waals surface area (Å²) in [7, 11) is 0. The lowest BCUT2D eigenvalue weighted by Gasteiger charge is -2.20. The molecule has 0 saturated heterocycles. The van der Waals surface area contributed by atoms with E-state index in [0.29, 0.717) is 0 Å². The molecule has 0 aliphatic rings. The molecular weight excluding hydrogens is 235 g/mol. The van der Waals surface area contributed by atoms with Gasteiger partial charge in [-0.05, 0) is 26.8 Å². The zero-order chi connectivity index (χ0) is 12.5. The first kappa shape index (κ1) is 12.8. The summed E-state index contributed by atoms with van der Waals surface area (Å²) in [6.07, 6.45) is 0. The zero-order valence-corrected chi connectivity index (χ0v) is 9.93. The fourth-order valence-corrected chi connectivity index (χ4v) is 1.24. The minimum Gasteiger partial charge on any atom is -0.506 e. The van der Waals surface area contributed by atoms with Gasteiger partial charge in [-0.3, -0.25) is 0 Å². The highest BCUT2D eigenvalue weighted by Gasteiger charge is 2.22. The van der Waals surface area contributed by atoms with E-state index in [1.807, 2.05) is 0 Å². The maximum absolute atomic E-state index is 13.0. The third-order valence-electron chi connectivity index (χ3n) is 1.64. The second-order valence-corrected chi connectivity index (χ2v) is 4.67. The molecule has 3 nitrogen and oxygen atoms in total. The fourth-order valence-electron chi connectivity index (χ4n) is 1.06. The fraction of sp³-hybridized carbons (Fsp3) is 0.364. The largest absolute Gasteiger partial charge is 0.506 e. The second-order valence-electron chi connectivity index (χ2n) is 4.29. The summed E-state index contributed by atoms with van der Waals surface area (Å²) >= 11 is 5.67. The lowest BCUT2D eigenvalue weighted by Crippen LogP contribution is -2.24. The smallest absolute Gasteiger partial charge is 0.340 e. The summed E-state index contributed by atoms with van der Waals surface area (Å²) < 4.78 is 18.0. The van der Waals surface area contributed by atoms with Crippen molar-refractivity contribution >= 4 is 17.6 Å². The Balaban J connectivity index is 3.09. The summed E-state index contributed by atoms with van der Waals surface area (Å²) in [5, 5.41) is 9.04. The standard InChI is InChI=1S/C11H12ClFO3/c1-11(2,3)16-10(15)7-4-6(13)5-8(14)9(7)12/h4-5,14H,1-3H3. The molecular formula is C11H12ClFO3. The van der Waals surface area contributed by atoms with Crippen molar-refractivity contribution in [1.82, 2.24) is 0 Å². The monoisotopic (exact) mass is 246 g/mol. The number of carbonyl (C=O) groups excluding carboxylic acids is 1. The highest BCUT2D eigenvalue weighted by molar-refractivity contribution is 6.35. The number of phenolic OH excluding ortho intramolecular Hbond substituents is 1. The van der Waals surface area contributed by atoms with Gasteiger partial charge in [0.15, 0.2) is 0 Å². The van der Waals surface area contributed by atoms with Crippen molar-refractivity contribution in [2.45, 2.75) is 26.4 Å². The number of hydrogen-bond acceptors (Lipinski definition) is 3. The van der Waals surface area contributed by atoms with Crippen molar-refractivity contribution in [2.75, 3.05) is 0 Å². The van der Waals surface area contributed by atoms with Crippen molar-refractivity contribution in [1.29, 1.82) is 0 Å². The van der Waals surface area contributed by atoms with Gasteiger partial charge in [-0.1, -0.05) is 11.6 Å². The van der Waals surface area contributed by atoms with Crippen LogP contribution in [0.25, 0.3) is 0 Å². The van der Waals surface area contributed by atoms with Gasteiger partial charge >= 0.3 is 5.97 Å². The predicted molar refractivity (Wildman–Crippen MR) is 58.2 cm³/mol. The van der Waals surface area contributed by atoms with Crippen molar-refractivity contribution in [3.8, 4) is 5.75 Å². The van der Waals surface area contributed by atoms with E-state index in [4.69, 9.17) is 16.3 Å². The van der Waals surface area contributed by atoms with E-state index in [1.54, 1.807) is 20.8 Å². The van der Waals surface area contributed by atoms with Crippen LogP contribution in [0.2, 0.25) is 5.02 Å². The highest BCUT2D eigenvalue weighted by atomic mass is 35.5. The molecule has 0 saturated carbocycles. The molecule has 0 heterocycles. The van der Waals surface area contributed by atoms with Gasteiger partial charge in [-0.25, -0.2) is 9.18 Å². The SMILES string of the molecule is CC(C)(C)OC(=O)c1cc(F)cc(O)c1Cl. The number of benzene rings is 1. The van der Waals surface area contributed by atoms with Crippen molar-refractivity contribution in [2.24, 2.45) is 0 Å². The molecule has 0 aliphatic heterocycles. The topological polar surface area (TPSA) is 46.5 Å². The molecule has 1 aromatic carbocycles. The number of hydrogen-bond donors (Lipinski definition) is 1. The van der Waals surface area contributed by atoms with Crippen LogP contribution in [0.5, 0.6) is 5.75 Å². The molecule has 0 fully saturated rings. The predicted octanol–water partition coefficient (Wildman–Crippen LogP) is 3.14. The van der Waals surface area contributed by atoms with E-state index in [2.05, 4.69) is 0 Å². The van der Waals surface area contributed by atoms with Gasteiger partial charge in [-0.15, -0.1) is 0 Å². The average Bonchev–Trinajstić information content (AvgIpc) is 2.08. The van der Waals surface area contributed by atoms with Gasteiger partial charge in [0, 0.05) is 6.07 Å². The summed E-state index contributed by atoms with van der Waals surface area (Å²) in [6, 6.07) is 1.76. The van der Waals surface area contributed by atoms with Gasteiger partial charge in [0.1, 0.15) is 17.2 Å². The first-order chi connectivity index (χ1) is 7.20. The van der Waals surface area contributed by atoms with Crippen molar-refractivity contribution in [3.63, 3.8) is 0 Å². The molecule has 0 unspecified atom stereocenters. The third kappa shape index (κ3) is 3.10. The van der Waals surface area contributed by atoms with Crippen LogP contribution in [0.4, 0.5) is 4.39 Å². The number of phenols is 1. The average molecular weight is 247 g/mol. The molecule has 1 aromatic rings. The number of aromatic hydroxyl groups is 1. The molecule has 88 valence electrons. The number of esters is 1. The van der Waals surface area contributed by atoms with E-state index in [0.717, 1.165) is 12.1 Å². The molecule has 0 atom stereocenters. The quantitative estimate of drug-likeness (QED) is 0.775. The second kappa shape index (κ2) is 4.29. The van der Waals surface area contributed by atoms with Gasteiger partial charge in [0.2, 0.25) is 0 Å². The van der Waals surface area contributed by atoms with Gasteiger partial charge in [0.25, 0.3) is 0 Å². The van der Waals surface area contributed by atoms with Crippen LogP contribution in [0, 0.1) is 5.82 Å². The molecule has 0 aliphatic carbocycles. The molecule has 16 heavy (non-hydrogen) atoms. The van der Waals surface area contributed by atoms with Crippen molar-refractivity contribution < 1.29 is 19.0 Å². The maximum atomic E-state index is 13.0. The van der Waals surface area contributed by atoms with Crippen LogP contribution >= 0.6 is 11.6 Å². The molecule has 0 spiro atoms. The van der Waals surface area contributed by atoms with E-state index < -0.39 is 23.1 Å². The molecule has 0 radical (unpaired) electrons. The molecule has 0 bridgehead atoms. The Morgan fingerprint density at radius 3 is 2.50 bits per heavy atom. The third-order valence-corrected chi connectivity index (χ3v) is 2.03. The van der Waals surface area contributed by atoms with Gasteiger partial charge in [-0.2, -0.15) is 0 Å². The molecule has 0 aromatic heterocycles. The minimum absolute atomic E-state index is 0.186. The summed E-state index contributed by atoms with van der Waals surface area (Å²) in [6.45, 7) is 5.04. The Hall–Kier alpha value is -1.29. The molecule has 1 N–H and O–H groups in total. The normalized spacial score (nSPS) is 11.3. The molecule has 0 amide bonds. The van der Waals surface area contributed by atoms with E-state index >= 15 is 0 Å². The summed E-state index contributed by atoms with van der Waals surface area (Å²) in [4.78, 5) is 11.6. The number of carbonyl (C=O) groups is 1. The Morgan fingerprint density at radius 2 is 2.00 bits per heavy atom. The zero-order valence-electron chi connectivity index (χ0n) is 9.17. The first-order valence-electron chi connectivity index (χ1n) is 4.62. The van der Waals surface area contributed by atoms with Crippen LogP contribution in [0.1, 0.15) is 31.1 Å². The van der Waals surface area contributed by atoms with E-state index in [9.17, 15) is 14.3 Å². The Morgan fingerprint density at radius 1 is 1.44 bits per heavy atom. The molecule has 5 heteroatoms. The summed E-state index contributed by atoms with van der Waals surface area (Å²) in [5.74, 6) is -2.00. The summed E-state index contributed by atoms with van der Waals surface area (Å²) in [5.41, 5.74) is -0.892. The van der Waals surface area contributed by atoms with Crippen LogP contribution in [0.15, 0.2) is 12.1 Å². The van der Waals surface area contributed by atoms with Crippen LogP contribution < -0.4 is 0 Å². The van der Waals surface area contributed by atoms with Crippen LogP contribution in [-0.4, -0.2) is 16.7 Å². The van der Waals surface area contributed by atoms with Crippen LogP contribution in [0.3, 0.4) is 0 Å². The van der Waals surface area contributed by atoms with E-state index in [1.165, 1.54) is 0 Å². The van der Waals surface area contributed by atoms with Crippen molar-refractivity contribution in [3.05, 3.63) is 28.5 Å². The minimum atomic E-state index is -0.771. The lowest BCUT2D eigenvalue weighted by atomic mass is 10.1. The Bertz CT molecular complexity index is 424. The number of ether oxygens (including phenoxy) is 1. The highest BCUT2D eigenvalue weighted by Crippen LogP contribution is 2.29. The Kier molecular flexibility index (Phi) is 3.43. The lowest BCUT2D eigenvalue weighted by molar-refractivity contribution is 0.00688. The first-order valence-corrected chi connectivity index (χ1v) is 5.00. The Labute approximate surface area is 97.8 Å². The maximum Gasteiger partial charge on any atom is 0.340 e. The van der Waals surface area contributed by atoms with Gasteiger partial charge < -0.3 is 9.84 Å². The molecule has 1 rings (SSSR count).